The predicted octanol–water partition coefficient (Wildman–Crippen LogP) is 4.09. The van der Waals surface area contributed by atoms with Crippen LogP contribution in [-0.4, -0.2) is 54.3 Å². The van der Waals surface area contributed by atoms with Gasteiger partial charge in [-0.05, 0) is 62.0 Å². The van der Waals surface area contributed by atoms with Gasteiger partial charge in [-0.3, -0.25) is 9.79 Å². The van der Waals surface area contributed by atoms with Gasteiger partial charge in [0, 0.05) is 80.2 Å². The molecule has 0 unspecified atom stereocenters. The fourth-order valence-corrected chi connectivity index (χ4v) is 4.50. The van der Waals surface area contributed by atoms with Crippen LogP contribution in [0.2, 0.25) is 0 Å². The van der Waals surface area contributed by atoms with E-state index in [-0.39, 0.29) is 28.2 Å². The number of nitrogens with zero attached hydrogens (tertiary/aromatic N) is 4. The number of hydrogen-bond donors (Lipinski definition) is 4. The molecule has 0 radical (unpaired) electrons. The molecule has 0 atom stereocenters. The maximum absolute atomic E-state index is 15.5. The Balaban J connectivity index is 1.89. The van der Waals surface area contributed by atoms with Crippen molar-refractivity contribution in [1.29, 1.82) is 0 Å². The maximum Gasteiger partial charge on any atom is 0.170 e. The highest BCUT2D eigenvalue weighted by atomic mass is 19.2. The smallest absolute Gasteiger partial charge is 0.170 e. The Labute approximate surface area is 252 Å². The van der Waals surface area contributed by atoms with Crippen molar-refractivity contribution >= 4 is 35.2 Å². The highest BCUT2D eigenvalue weighted by molar-refractivity contribution is 6.09. The zero-order valence-electron chi connectivity index (χ0n) is 24.9. The van der Waals surface area contributed by atoms with E-state index in [1.54, 1.807) is 25.5 Å². The molecule has 0 amide bonds. The molecule has 228 valence electrons. The highest BCUT2D eigenvalue weighted by Crippen LogP contribution is 2.23. The fourth-order valence-electron chi connectivity index (χ4n) is 4.50. The summed E-state index contributed by atoms with van der Waals surface area (Å²) in [5.74, 6) is 0.131. The first-order valence-electron chi connectivity index (χ1n) is 13.9. The van der Waals surface area contributed by atoms with Gasteiger partial charge in [-0.2, -0.15) is 5.12 Å². The van der Waals surface area contributed by atoms with Crippen LogP contribution in [0.1, 0.15) is 42.0 Å². The molecule has 1 aliphatic rings. The van der Waals surface area contributed by atoms with Crippen LogP contribution in [0.3, 0.4) is 0 Å². The Bertz CT molecular complexity index is 1440. The van der Waals surface area contributed by atoms with Crippen molar-refractivity contribution in [3.63, 3.8) is 0 Å². The normalized spacial score (nSPS) is 16.0. The zero-order chi connectivity index (χ0) is 31.4. The van der Waals surface area contributed by atoms with Crippen molar-refractivity contribution in [2.45, 2.75) is 26.7 Å². The minimum absolute atomic E-state index is 0.119. The molecule has 3 rings (SSSR count). The Morgan fingerprint density at radius 3 is 2.47 bits per heavy atom. The number of rotatable bonds is 12. The fraction of sp³-hybridized carbons (Fsp3) is 0.281. The van der Waals surface area contributed by atoms with E-state index < -0.39 is 0 Å². The number of hydrogen-bond acceptors (Lipinski definition) is 10. The van der Waals surface area contributed by atoms with Gasteiger partial charge in [-0.25, -0.2) is 4.98 Å². The average Bonchev–Trinajstić information content (AvgIpc) is 3.01. The molecule has 0 spiro atoms. The third-order valence-electron chi connectivity index (χ3n) is 6.99. The number of carbonyl (C=O) groups is 1. The summed E-state index contributed by atoms with van der Waals surface area (Å²) in [6.07, 6.45) is 12.7. The first kappa shape index (κ1) is 32.6. The summed E-state index contributed by atoms with van der Waals surface area (Å²) in [4.78, 5) is 22.0. The molecule has 11 heteroatoms. The standard InChI is InChI=1S/C32H41FN8O2/c1-22-4-6-25(7-5-22)23(2)18-40(19-24-10-12-43-13-11-24)20-28(21-42)41(33)31(36)9-8-30(35)29-14-26(17-39-32(29)37)27(15-34)16-38-3/h4-9,14-18,20-21,24H,10-13,19,34-36H2,1-3H3,(H2,37,39)/b23-18+,27-15?,28-20+,30-8-,31-9+,38-16?. The second-order valence-corrected chi connectivity index (χ2v) is 10.3. The van der Waals surface area contributed by atoms with Crippen molar-refractivity contribution < 1.29 is 14.0 Å². The molecule has 0 saturated carbocycles. The first-order valence-corrected chi connectivity index (χ1v) is 13.9. The average molecular weight is 589 g/mol. The number of carbonyl (C=O) groups excluding carboxylic acids is 1. The van der Waals surface area contributed by atoms with Gasteiger partial charge in [0.15, 0.2) is 6.29 Å². The number of pyridine rings is 1. The Hall–Kier alpha value is -4.90. The molecule has 1 aliphatic heterocycles. The number of aldehydes is 1. The molecule has 1 fully saturated rings. The number of aryl methyl sites for hydroxylation is 1. The van der Waals surface area contributed by atoms with E-state index in [1.165, 1.54) is 24.6 Å². The van der Waals surface area contributed by atoms with Gasteiger partial charge < -0.3 is 32.6 Å². The van der Waals surface area contributed by atoms with E-state index >= 15 is 4.48 Å². The summed E-state index contributed by atoms with van der Waals surface area (Å²) in [6, 6.07) is 9.81. The van der Waals surface area contributed by atoms with Crippen LogP contribution < -0.4 is 22.9 Å². The van der Waals surface area contributed by atoms with Gasteiger partial charge in [0.05, 0.1) is 0 Å². The van der Waals surface area contributed by atoms with E-state index in [9.17, 15) is 4.79 Å². The number of ether oxygens (including phenoxy) is 1. The second-order valence-electron chi connectivity index (χ2n) is 10.3. The summed E-state index contributed by atoms with van der Waals surface area (Å²) in [5, 5.41) is 0.119. The minimum atomic E-state index is -0.352. The van der Waals surface area contributed by atoms with Crippen molar-refractivity contribution in [1.82, 2.24) is 15.0 Å². The molecule has 0 aliphatic carbocycles. The lowest BCUT2D eigenvalue weighted by Gasteiger charge is -2.28. The van der Waals surface area contributed by atoms with E-state index in [4.69, 9.17) is 27.7 Å². The van der Waals surface area contributed by atoms with Crippen molar-refractivity contribution in [2.75, 3.05) is 32.5 Å². The maximum atomic E-state index is 15.5. The first-order chi connectivity index (χ1) is 20.7. The second kappa shape index (κ2) is 15.9. The van der Waals surface area contributed by atoms with Gasteiger partial charge in [0.2, 0.25) is 0 Å². The lowest BCUT2D eigenvalue weighted by atomic mass is 9.99. The summed E-state index contributed by atoms with van der Waals surface area (Å²) in [6.45, 7) is 5.92. The van der Waals surface area contributed by atoms with Crippen LogP contribution in [0.15, 0.2) is 83.8 Å². The molecule has 1 aromatic carbocycles. The van der Waals surface area contributed by atoms with Gasteiger partial charge in [0.1, 0.15) is 17.3 Å². The predicted molar refractivity (Wildman–Crippen MR) is 172 cm³/mol. The number of benzene rings is 1. The molecule has 0 bridgehead atoms. The lowest BCUT2D eigenvalue weighted by molar-refractivity contribution is -0.107. The third kappa shape index (κ3) is 9.30. The molecule has 1 saturated heterocycles. The van der Waals surface area contributed by atoms with Crippen molar-refractivity contribution in [3.8, 4) is 0 Å². The lowest BCUT2D eigenvalue weighted by Crippen LogP contribution is -2.28. The molecular formula is C32H41FN8O2. The minimum Gasteiger partial charge on any atom is -0.404 e. The summed E-state index contributed by atoms with van der Waals surface area (Å²) in [5.41, 5.74) is 28.7. The van der Waals surface area contributed by atoms with Gasteiger partial charge in [-0.15, -0.1) is 0 Å². The van der Waals surface area contributed by atoms with E-state index in [0.29, 0.717) is 48.7 Å². The number of anilines is 1. The number of nitrogens with two attached hydrogens (primary N) is 4. The molecule has 2 heterocycles. The van der Waals surface area contributed by atoms with Crippen molar-refractivity contribution in [3.05, 3.63) is 101 Å². The van der Waals surface area contributed by atoms with E-state index in [1.807, 2.05) is 49.2 Å². The monoisotopic (exact) mass is 588 g/mol. The topological polar surface area (TPSA) is 162 Å². The molecule has 8 N–H and O–H groups in total. The highest BCUT2D eigenvalue weighted by Gasteiger charge is 2.18. The Morgan fingerprint density at radius 2 is 1.84 bits per heavy atom. The van der Waals surface area contributed by atoms with E-state index in [2.05, 4.69) is 9.98 Å². The van der Waals surface area contributed by atoms with Crippen LogP contribution in [-0.2, 0) is 9.53 Å². The van der Waals surface area contributed by atoms with Crippen LogP contribution in [0, 0.1) is 12.8 Å². The van der Waals surface area contributed by atoms with Crippen LogP contribution in [0.25, 0.3) is 16.8 Å². The SMILES string of the molecule is CN=CC(=CN)c1cnc(N)c(/C(N)=C/C=C(\N)N(F)/C(C=O)=C/N(/C=C(\C)c2ccc(C)cc2)CC2CCOCC2)c1. The number of allylic oxidation sites excluding steroid dienone is 5. The number of halogens is 1. The molecule has 2 aromatic rings. The van der Waals surface area contributed by atoms with Gasteiger partial charge in [0.25, 0.3) is 0 Å². The number of aromatic nitrogens is 1. The van der Waals surface area contributed by atoms with E-state index in [0.717, 1.165) is 29.5 Å². The molecule has 43 heavy (non-hydrogen) atoms. The summed E-state index contributed by atoms with van der Waals surface area (Å²) >= 11 is 0. The molecule has 1 aromatic heterocycles. The summed E-state index contributed by atoms with van der Waals surface area (Å²) in [7, 11) is 1.62. The Kier molecular flexibility index (Phi) is 12.1. The van der Waals surface area contributed by atoms with Crippen LogP contribution in [0.4, 0.5) is 10.3 Å². The van der Waals surface area contributed by atoms with Crippen LogP contribution in [0.5, 0.6) is 0 Å². The summed E-state index contributed by atoms with van der Waals surface area (Å²) < 4.78 is 21.0. The van der Waals surface area contributed by atoms with Crippen molar-refractivity contribution in [2.24, 2.45) is 28.1 Å². The quantitative estimate of drug-likeness (QED) is 0.0940. The zero-order valence-corrected chi connectivity index (χ0v) is 24.9. The van der Waals surface area contributed by atoms with Gasteiger partial charge in [-0.1, -0.05) is 34.3 Å². The number of nitrogen functional groups attached to an aromatic ring is 1. The van der Waals surface area contributed by atoms with Crippen LogP contribution >= 0.6 is 0 Å². The third-order valence-corrected chi connectivity index (χ3v) is 6.99. The number of aliphatic imine (C=N–C) groups is 1. The van der Waals surface area contributed by atoms with Gasteiger partial charge >= 0.3 is 0 Å². The molecule has 10 nitrogen and oxygen atoms in total. The molecular weight excluding hydrogens is 547 g/mol. The largest absolute Gasteiger partial charge is 0.404 e. The Morgan fingerprint density at radius 1 is 1.14 bits per heavy atom.